The first kappa shape index (κ1) is 20.7. The average Bonchev–Trinajstić information content (AvgIpc) is 3.34. The molecule has 8 nitrogen and oxygen atoms in total. The zero-order chi connectivity index (χ0) is 22.2. The number of anilines is 1. The second-order valence-corrected chi connectivity index (χ2v) is 9.08. The Kier molecular flexibility index (Phi) is 5.28. The van der Waals surface area contributed by atoms with Gasteiger partial charge in [-0.25, -0.2) is 8.42 Å². The van der Waals surface area contributed by atoms with Crippen LogP contribution >= 0.6 is 0 Å². The van der Waals surface area contributed by atoms with Crippen LogP contribution in [0.3, 0.4) is 0 Å². The Bertz CT molecular complexity index is 1280. The molecule has 0 bridgehead atoms. The molecule has 0 saturated carbocycles. The number of fused-ring (bicyclic) bond motifs is 1. The van der Waals surface area contributed by atoms with Crippen molar-refractivity contribution in [2.45, 2.75) is 25.2 Å². The molecule has 0 spiro atoms. The molecule has 0 saturated heterocycles. The van der Waals surface area contributed by atoms with Crippen LogP contribution in [0.1, 0.15) is 37.8 Å². The maximum Gasteiger partial charge on any atom is 0.273 e. The van der Waals surface area contributed by atoms with Crippen molar-refractivity contribution < 1.29 is 22.4 Å². The van der Waals surface area contributed by atoms with Crippen LogP contribution in [0.25, 0.3) is 0 Å². The molecule has 2 amide bonds. The number of aryl methyl sites for hydroxylation is 2. The van der Waals surface area contributed by atoms with Crippen LogP contribution in [-0.2, 0) is 16.4 Å². The van der Waals surface area contributed by atoms with Crippen LogP contribution in [0.5, 0.6) is 0 Å². The lowest BCUT2D eigenvalue weighted by Crippen LogP contribution is -2.41. The van der Waals surface area contributed by atoms with Crippen LogP contribution < -0.4 is 15.2 Å². The number of amides is 2. The van der Waals surface area contributed by atoms with Crippen molar-refractivity contribution in [1.29, 1.82) is 0 Å². The molecule has 2 heterocycles. The molecule has 0 unspecified atom stereocenters. The predicted molar refractivity (Wildman–Crippen MR) is 114 cm³/mol. The normalized spacial score (nSPS) is 13.0. The van der Waals surface area contributed by atoms with E-state index in [-0.39, 0.29) is 10.5 Å². The fourth-order valence-corrected chi connectivity index (χ4v) is 5.14. The molecule has 1 aliphatic rings. The third kappa shape index (κ3) is 3.91. The maximum atomic E-state index is 13.2. The van der Waals surface area contributed by atoms with Gasteiger partial charge >= 0.3 is 0 Å². The second kappa shape index (κ2) is 7.92. The number of furan rings is 1. The van der Waals surface area contributed by atoms with Crippen molar-refractivity contribution >= 4 is 27.5 Å². The van der Waals surface area contributed by atoms with Gasteiger partial charge in [0.25, 0.3) is 21.8 Å². The smallest absolute Gasteiger partial charge is 0.273 e. The molecule has 160 valence electrons. The molecule has 3 aromatic rings. The number of hydrazine groups is 1. The summed E-state index contributed by atoms with van der Waals surface area (Å²) in [4.78, 5) is 24.8. The van der Waals surface area contributed by atoms with E-state index in [1.807, 2.05) is 12.1 Å². The zero-order valence-corrected chi connectivity index (χ0v) is 17.8. The number of carbonyl (C=O) groups excluding carboxylic acids is 2. The number of nitrogens with zero attached hydrogens (tertiary/aromatic N) is 1. The van der Waals surface area contributed by atoms with E-state index in [9.17, 15) is 18.0 Å². The van der Waals surface area contributed by atoms with Crippen LogP contribution in [0.4, 0.5) is 5.69 Å². The zero-order valence-electron chi connectivity index (χ0n) is 17.0. The van der Waals surface area contributed by atoms with Gasteiger partial charge in [-0.3, -0.25) is 24.7 Å². The lowest BCUT2D eigenvalue weighted by atomic mass is 10.2. The first-order valence-corrected chi connectivity index (χ1v) is 11.1. The van der Waals surface area contributed by atoms with Crippen molar-refractivity contribution in [3.63, 3.8) is 0 Å². The molecule has 1 aromatic heterocycles. The standard InChI is InChI=1S/C22H21N3O5S/c1-14-12-19(15(2)30-14)22(27)24-23-21(26)17-7-5-8-18(13-17)31(28,29)25-11-10-16-6-3-4-9-20(16)25/h3-9,12-13H,10-11H2,1-2H3,(H,23,26)(H,24,27). The van der Waals surface area contributed by atoms with Crippen LogP contribution in [-0.4, -0.2) is 26.8 Å². The summed E-state index contributed by atoms with van der Waals surface area (Å²) in [6.07, 6.45) is 0.633. The van der Waals surface area contributed by atoms with Gasteiger partial charge in [0.15, 0.2) is 0 Å². The van der Waals surface area contributed by atoms with Crippen molar-refractivity contribution in [2.75, 3.05) is 10.8 Å². The number of benzene rings is 2. The Morgan fingerprint density at radius 1 is 0.968 bits per heavy atom. The number of nitrogens with one attached hydrogen (secondary N) is 2. The topological polar surface area (TPSA) is 109 Å². The number of hydrogen-bond donors (Lipinski definition) is 2. The van der Waals surface area contributed by atoms with Gasteiger partial charge in [-0.05, 0) is 56.2 Å². The van der Waals surface area contributed by atoms with Crippen molar-refractivity contribution in [3.8, 4) is 0 Å². The van der Waals surface area contributed by atoms with Gasteiger partial charge in [-0.2, -0.15) is 0 Å². The van der Waals surface area contributed by atoms with Gasteiger partial charge in [-0.1, -0.05) is 24.3 Å². The third-order valence-electron chi connectivity index (χ3n) is 5.10. The molecule has 0 radical (unpaired) electrons. The highest BCUT2D eigenvalue weighted by atomic mass is 32.2. The molecule has 31 heavy (non-hydrogen) atoms. The summed E-state index contributed by atoms with van der Waals surface area (Å²) in [5.74, 6) is -0.149. The molecular formula is C22H21N3O5S. The average molecular weight is 439 g/mol. The van der Waals surface area contributed by atoms with E-state index in [0.717, 1.165) is 5.56 Å². The molecule has 9 heteroatoms. The van der Waals surface area contributed by atoms with Gasteiger partial charge in [0.1, 0.15) is 11.5 Å². The Morgan fingerprint density at radius 3 is 2.45 bits per heavy atom. The predicted octanol–water partition coefficient (Wildman–Crippen LogP) is 2.72. The molecule has 1 aliphatic heterocycles. The summed E-state index contributed by atoms with van der Waals surface area (Å²) in [6, 6.07) is 14.6. The molecule has 0 fully saturated rings. The Labute approximate surface area is 179 Å². The van der Waals surface area contributed by atoms with E-state index in [1.54, 1.807) is 32.0 Å². The van der Waals surface area contributed by atoms with Crippen molar-refractivity contribution in [1.82, 2.24) is 10.9 Å². The summed E-state index contributed by atoms with van der Waals surface area (Å²) < 4.78 is 33.0. The minimum absolute atomic E-state index is 0.00415. The highest BCUT2D eigenvalue weighted by Gasteiger charge is 2.31. The number of carbonyl (C=O) groups is 2. The van der Waals surface area contributed by atoms with Gasteiger partial charge in [0, 0.05) is 12.1 Å². The van der Waals surface area contributed by atoms with Gasteiger partial charge < -0.3 is 4.42 Å². The van der Waals surface area contributed by atoms with E-state index in [2.05, 4.69) is 10.9 Å². The number of rotatable bonds is 4. The SMILES string of the molecule is Cc1cc(C(=O)NNC(=O)c2cccc(S(=O)(=O)N3CCc4ccccc43)c2)c(C)o1. The molecule has 0 atom stereocenters. The van der Waals surface area contributed by atoms with Gasteiger partial charge in [-0.15, -0.1) is 0 Å². The Hall–Kier alpha value is -3.59. The number of hydrogen-bond acceptors (Lipinski definition) is 5. The highest BCUT2D eigenvalue weighted by molar-refractivity contribution is 7.92. The molecule has 2 N–H and O–H groups in total. The lowest BCUT2D eigenvalue weighted by Gasteiger charge is -2.20. The third-order valence-corrected chi connectivity index (χ3v) is 6.91. The van der Waals surface area contributed by atoms with E-state index in [0.29, 0.717) is 35.7 Å². The number of sulfonamides is 1. The monoisotopic (exact) mass is 439 g/mol. The first-order chi connectivity index (χ1) is 14.8. The van der Waals surface area contributed by atoms with E-state index in [1.165, 1.54) is 28.6 Å². The fraction of sp³-hybridized carbons (Fsp3) is 0.182. The van der Waals surface area contributed by atoms with Crippen molar-refractivity contribution in [3.05, 3.63) is 82.8 Å². The van der Waals surface area contributed by atoms with E-state index < -0.39 is 21.8 Å². The maximum absolute atomic E-state index is 13.2. The van der Waals surface area contributed by atoms with Gasteiger partial charge in [0.2, 0.25) is 0 Å². The van der Waals surface area contributed by atoms with Crippen LogP contribution in [0.15, 0.2) is 63.9 Å². The molecule has 4 rings (SSSR count). The summed E-state index contributed by atoms with van der Waals surface area (Å²) in [7, 11) is -3.83. The highest BCUT2D eigenvalue weighted by Crippen LogP contribution is 2.32. The lowest BCUT2D eigenvalue weighted by molar-refractivity contribution is 0.0845. The minimum Gasteiger partial charge on any atom is -0.466 e. The first-order valence-electron chi connectivity index (χ1n) is 9.66. The Balaban J connectivity index is 1.51. The molecular weight excluding hydrogens is 418 g/mol. The largest absolute Gasteiger partial charge is 0.466 e. The Morgan fingerprint density at radius 2 is 1.71 bits per heavy atom. The fourth-order valence-electron chi connectivity index (χ4n) is 3.59. The minimum atomic E-state index is -3.83. The van der Waals surface area contributed by atoms with Crippen LogP contribution in [0, 0.1) is 13.8 Å². The quantitative estimate of drug-likeness (QED) is 0.608. The molecule has 2 aromatic carbocycles. The summed E-state index contributed by atoms with van der Waals surface area (Å²) in [5, 5.41) is 0. The number of para-hydroxylation sites is 1. The summed E-state index contributed by atoms with van der Waals surface area (Å²) in [5.41, 5.74) is 6.65. The summed E-state index contributed by atoms with van der Waals surface area (Å²) >= 11 is 0. The van der Waals surface area contributed by atoms with E-state index >= 15 is 0 Å². The van der Waals surface area contributed by atoms with E-state index in [4.69, 9.17) is 4.42 Å². The van der Waals surface area contributed by atoms with Gasteiger partial charge in [0.05, 0.1) is 16.1 Å². The summed E-state index contributed by atoms with van der Waals surface area (Å²) in [6.45, 7) is 3.71. The van der Waals surface area contributed by atoms with Crippen LogP contribution in [0.2, 0.25) is 0 Å². The van der Waals surface area contributed by atoms with Crippen molar-refractivity contribution in [2.24, 2.45) is 0 Å². The second-order valence-electron chi connectivity index (χ2n) is 7.22. The molecule has 0 aliphatic carbocycles.